The van der Waals surface area contributed by atoms with Crippen LogP contribution in [0.5, 0.6) is 23.0 Å². The number of rotatable bonds is 6. The maximum atomic E-state index is 13.5. The van der Waals surface area contributed by atoms with E-state index in [4.69, 9.17) is 19.9 Å². The highest BCUT2D eigenvalue weighted by molar-refractivity contribution is 5.95. The van der Waals surface area contributed by atoms with Gasteiger partial charge in [-0.2, -0.15) is 0 Å². The van der Waals surface area contributed by atoms with Crippen molar-refractivity contribution in [2.45, 2.75) is 51.2 Å². The van der Waals surface area contributed by atoms with Crippen LogP contribution in [-0.4, -0.2) is 86.9 Å². The molecule has 0 aromatic heterocycles. The molecule has 0 unspecified atom stereocenters. The van der Waals surface area contributed by atoms with Crippen LogP contribution in [-0.2, 0) is 32.1 Å². The van der Waals surface area contributed by atoms with Crippen LogP contribution in [0, 0.1) is 0 Å². The Balaban J connectivity index is 0.00000729. The third kappa shape index (κ3) is 11.9. The van der Waals surface area contributed by atoms with Crippen molar-refractivity contribution in [1.82, 2.24) is 26.2 Å². The Morgan fingerprint density at radius 1 is 0.904 bits per heavy atom. The number of aryl methyl sites for hydroxylation is 1. The first-order chi connectivity index (χ1) is 24.6. The third-order valence-corrected chi connectivity index (χ3v) is 8.34. The maximum absolute atomic E-state index is 13.5. The highest BCUT2D eigenvalue weighted by Crippen LogP contribution is 2.34. The van der Waals surface area contributed by atoms with Crippen LogP contribution < -0.4 is 41.2 Å². The summed E-state index contributed by atoms with van der Waals surface area (Å²) in [6, 6.07) is 17.5. The zero-order valence-electron chi connectivity index (χ0n) is 29.6. The van der Waals surface area contributed by atoms with Gasteiger partial charge < -0.3 is 46.1 Å². The molecule has 0 saturated heterocycles. The molecule has 6 N–H and O–H groups in total. The van der Waals surface area contributed by atoms with Crippen LogP contribution in [0.25, 0.3) is 0 Å². The number of hydrogen-bond donors (Lipinski definition) is 5. The Bertz CT molecular complexity index is 1690. The molecule has 2 aliphatic rings. The second-order valence-corrected chi connectivity index (χ2v) is 12.0. The summed E-state index contributed by atoms with van der Waals surface area (Å²) < 4.78 is 17.1. The normalized spacial score (nSPS) is 17.8. The van der Waals surface area contributed by atoms with Gasteiger partial charge in [0.05, 0.1) is 27.3 Å². The standard InChI is InChI=1S/C37H46N6O8.ClH/c1-24-35(46)40-22-27-12-14-28(20-31(27)50-3)51-32-19-26(13-16-30(32)49-2)36(47)39-17-7-8-18-43(34(45)21-38)23-33(44)42-29(37(48)41-24)15-11-25-9-5-4-6-10-25;/h4-6,9-10,12-14,16,19-20,24,29H,7-8,11,15,17-18,21-23,38H2,1-3H3,(H,39,47)(H,40,46)(H,41,48)(H,42,44);1H/t24-,29-;/m0./s1. The minimum atomic E-state index is -0.989. The van der Waals surface area contributed by atoms with Crippen molar-refractivity contribution >= 4 is 41.9 Å². The van der Waals surface area contributed by atoms with E-state index < -0.39 is 35.7 Å². The third-order valence-electron chi connectivity index (χ3n) is 8.34. The predicted octanol–water partition coefficient (Wildman–Crippen LogP) is 2.47. The molecule has 0 aliphatic carbocycles. The number of methoxy groups -OCH3 is 2. The number of nitrogens with zero attached hydrogens (tertiary/aromatic N) is 1. The molecular weight excluding hydrogens is 692 g/mol. The van der Waals surface area contributed by atoms with Crippen molar-refractivity contribution in [2.75, 3.05) is 40.4 Å². The molecule has 5 amide bonds. The zero-order chi connectivity index (χ0) is 36.8. The summed E-state index contributed by atoms with van der Waals surface area (Å²) >= 11 is 0. The van der Waals surface area contributed by atoms with E-state index in [9.17, 15) is 24.0 Å². The van der Waals surface area contributed by atoms with Gasteiger partial charge in [0.15, 0.2) is 11.5 Å². The van der Waals surface area contributed by atoms with Gasteiger partial charge >= 0.3 is 0 Å². The number of carbonyl (C=O) groups is 5. The van der Waals surface area contributed by atoms with Gasteiger partial charge in [0.1, 0.15) is 23.6 Å². The molecule has 280 valence electrons. The molecular formula is C37H47ClN6O8. The van der Waals surface area contributed by atoms with Crippen LogP contribution in [0.1, 0.15) is 47.7 Å². The lowest BCUT2D eigenvalue weighted by molar-refractivity contribution is -0.136. The molecule has 0 spiro atoms. The summed E-state index contributed by atoms with van der Waals surface area (Å²) in [6.07, 6.45) is 1.71. The number of ether oxygens (including phenoxy) is 3. The van der Waals surface area contributed by atoms with E-state index in [0.717, 1.165) is 5.56 Å². The molecule has 3 aromatic carbocycles. The Morgan fingerprint density at radius 3 is 2.37 bits per heavy atom. The molecule has 14 nitrogen and oxygen atoms in total. The average Bonchev–Trinajstić information content (AvgIpc) is 3.14. The number of fused-ring (bicyclic) bond motifs is 18. The first-order valence-electron chi connectivity index (χ1n) is 16.8. The van der Waals surface area contributed by atoms with Crippen LogP contribution >= 0.6 is 12.4 Å². The topological polar surface area (TPSA) is 190 Å². The number of halogens is 1. The quantitative estimate of drug-likeness (QED) is 0.237. The van der Waals surface area contributed by atoms with E-state index in [2.05, 4.69) is 21.3 Å². The van der Waals surface area contributed by atoms with Gasteiger partial charge in [-0.25, -0.2) is 0 Å². The molecule has 5 rings (SSSR count). The van der Waals surface area contributed by atoms with Gasteiger partial charge in [0.2, 0.25) is 23.6 Å². The summed E-state index contributed by atoms with van der Waals surface area (Å²) in [5.74, 6) is -0.752. The van der Waals surface area contributed by atoms with Crippen LogP contribution in [0.15, 0.2) is 66.7 Å². The lowest BCUT2D eigenvalue weighted by Gasteiger charge is -2.25. The maximum Gasteiger partial charge on any atom is 0.251 e. The molecule has 3 aromatic rings. The second kappa shape index (κ2) is 20.5. The molecule has 2 atom stereocenters. The van der Waals surface area contributed by atoms with Gasteiger partial charge in [0.25, 0.3) is 5.91 Å². The number of carbonyl (C=O) groups excluding carboxylic acids is 5. The van der Waals surface area contributed by atoms with Crippen molar-refractivity contribution in [3.63, 3.8) is 0 Å². The minimum absolute atomic E-state index is 0. The summed E-state index contributed by atoms with van der Waals surface area (Å²) in [6.45, 7) is 1.53. The number of nitrogens with two attached hydrogens (primary N) is 1. The summed E-state index contributed by atoms with van der Waals surface area (Å²) in [5, 5.41) is 11.2. The van der Waals surface area contributed by atoms with Gasteiger partial charge in [-0.05, 0) is 68.5 Å². The first-order valence-corrected chi connectivity index (χ1v) is 16.8. The lowest BCUT2D eigenvalue weighted by atomic mass is 10.0. The Labute approximate surface area is 309 Å². The molecule has 0 saturated carbocycles. The predicted molar refractivity (Wildman–Crippen MR) is 197 cm³/mol. The fourth-order valence-corrected chi connectivity index (χ4v) is 5.46. The van der Waals surface area contributed by atoms with Crippen molar-refractivity contribution < 1.29 is 38.2 Å². The summed E-state index contributed by atoms with van der Waals surface area (Å²) in [4.78, 5) is 66.9. The van der Waals surface area contributed by atoms with E-state index in [1.54, 1.807) is 43.3 Å². The van der Waals surface area contributed by atoms with Crippen molar-refractivity contribution in [3.05, 3.63) is 83.4 Å². The number of benzene rings is 3. The molecule has 4 bridgehead atoms. The Kier molecular flexibility index (Phi) is 16.2. The van der Waals surface area contributed by atoms with Crippen LogP contribution in [0.3, 0.4) is 0 Å². The van der Waals surface area contributed by atoms with E-state index in [1.807, 2.05) is 30.3 Å². The smallest absolute Gasteiger partial charge is 0.251 e. The monoisotopic (exact) mass is 738 g/mol. The fraction of sp³-hybridized carbons (Fsp3) is 0.378. The largest absolute Gasteiger partial charge is 0.496 e. The lowest BCUT2D eigenvalue weighted by Crippen LogP contribution is -2.54. The zero-order valence-corrected chi connectivity index (χ0v) is 30.4. The Morgan fingerprint density at radius 2 is 1.65 bits per heavy atom. The van der Waals surface area contributed by atoms with E-state index in [0.29, 0.717) is 59.9 Å². The summed E-state index contributed by atoms with van der Waals surface area (Å²) in [7, 11) is 2.98. The molecule has 52 heavy (non-hydrogen) atoms. The fourth-order valence-electron chi connectivity index (χ4n) is 5.46. The van der Waals surface area contributed by atoms with Gasteiger partial charge in [0, 0.05) is 36.8 Å². The number of amides is 5. The second-order valence-electron chi connectivity index (χ2n) is 12.0. The first kappa shape index (κ1) is 41.1. The minimum Gasteiger partial charge on any atom is -0.496 e. The molecule has 2 heterocycles. The van der Waals surface area contributed by atoms with E-state index in [-0.39, 0.29) is 50.9 Å². The molecule has 15 heteroatoms. The highest BCUT2D eigenvalue weighted by Gasteiger charge is 2.26. The van der Waals surface area contributed by atoms with Crippen molar-refractivity contribution in [1.29, 1.82) is 0 Å². The molecule has 2 aliphatic heterocycles. The van der Waals surface area contributed by atoms with Gasteiger partial charge in [-0.3, -0.25) is 24.0 Å². The molecule has 0 radical (unpaired) electrons. The number of nitrogens with one attached hydrogen (secondary N) is 4. The van der Waals surface area contributed by atoms with Gasteiger partial charge in [-0.1, -0.05) is 30.3 Å². The molecule has 0 fully saturated rings. The number of hydrogen-bond acceptors (Lipinski definition) is 9. The van der Waals surface area contributed by atoms with Crippen LogP contribution in [0.4, 0.5) is 0 Å². The van der Waals surface area contributed by atoms with Crippen molar-refractivity contribution in [3.8, 4) is 23.0 Å². The average molecular weight is 739 g/mol. The summed E-state index contributed by atoms with van der Waals surface area (Å²) in [5.41, 5.74) is 7.60. The van der Waals surface area contributed by atoms with Crippen molar-refractivity contribution in [2.24, 2.45) is 5.73 Å². The van der Waals surface area contributed by atoms with E-state index >= 15 is 0 Å². The Hall–Kier alpha value is -5.34. The van der Waals surface area contributed by atoms with E-state index in [1.165, 1.54) is 19.1 Å². The SMILES string of the molecule is COc1cc2ccc1CNC(=O)[C@H](C)NC(=O)[C@H](CCc1ccccc1)NC(=O)CN(C(=O)CN)CCCCNC(=O)c1ccc(OC)c(c1)O2.Cl. The van der Waals surface area contributed by atoms with Crippen LogP contribution in [0.2, 0.25) is 0 Å². The van der Waals surface area contributed by atoms with Gasteiger partial charge in [-0.15, -0.1) is 12.4 Å². The highest BCUT2D eigenvalue weighted by atomic mass is 35.5.